The average Bonchev–Trinajstić information content (AvgIpc) is 2.42. The molecule has 0 heterocycles. The molecule has 2 aliphatic carbocycles. The Morgan fingerprint density at radius 2 is 2.00 bits per heavy atom. The maximum absolute atomic E-state index is 10.8. The molecule has 2 rings (SSSR count). The van der Waals surface area contributed by atoms with Crippen LogP contribution in [0.2, 0.25) is 0 Å². The van der Waals surface area contributed by atoms with Gasteiger partial charge in [-0.25, -0.2) is 0 Å². The van der Waals surface area contributed by atoms with Crippen molar-refractivity contribution >= 4 is 10.1 Å². The third-order valence-electron chi connectivity index (χ3n) is 2.97. The molecule has 0 N–H and O–H groups in total. The minimum absolute atomic E-state index is 0.00116. The fourth-order valence-electron chi connectivity index (χ4n) is 2.53. The van der Waals surface area contributed by atoms with Gasteiger partial charge in [-0.1, -0.05) is 0 Å². The Morgan fingerprint density at radius 3 is 2.42 bits per heavy atom. The van der Waals surface area contributed by atoms with Gasteiger partial charge in [0.2, 0.25) is 0 Å². The van der Waals surface area contributed by atoms with Crippen molar-refractivity contribution in [2.24, 2.45) is 11.8 Å². The smallest absolute Gasteiger partial charge is 0.264 e. The summed E-state index contributed by atoms with van der Waals surface area (Å²) in [6.07, 6.45) is 5.70. The van der Waals surface area contributed by atoms with Crippen molar-refractivity contribution in [2.45, 2.75) is 31.8 Å². The lowest BCUT2D eigenvalue weighted by atomic mass is 9.98. The summed E-state index contributed by atoms with van der Waals surface area (Å²) in [6.45, 7) is 0. The van der Waals surface area contributed by atoms with Crippen molar-refractivity contribution in [1.82, 2.24) is 0 Å². The highest BCUT2D eigenvalue weighted by Gasteiger charge is 2.41. The van der Waals surface area contributed by atoms with Gasteiger partial charge in [-0.2, -0.15) is 8.42 Å². The molecule has 3 nitrogen and oxygen atoms in total. The molecule has 0 radical (unpaired) electrons. The van der Waals surface area contributed by atoms with Crippen molar-refractivity contribution < 1.29 is 12.6 Å². The molecule has 0 aromatic rings. The Hall–Kier alpha value is -0.0900. The lowest BCUT2D eigenvalue weighted by Crippen LogP contribution is -2.23. The molecular formula is C8H14O3S. The molecule has 4 heteroatoms. The average molecular weight is 190 g/mol. The van der Waals surface area contributed by atoms with Crippen LogP contribution in [0.1, 0.15) is 25.7 Å². The monoisotopic (exact) mass is 190 g/mol. The van der Waals surface area contributed by atoms with Gasteiger partial charge in [-0.3, -0.25) is 4.18 Å². The number of rotatable bonds is 2. The summed E-state index contributed by atoms with van der Waals surface area (Å²) in [7, 11) is -3.23. The lowest BCUT2D eigenvalue weighted by molar-refractivity contribution is 0.147. The number of hydrogen-bond acceptors (Lipinski definition) is 3. The number of fused-ring (bicyclic) bond motifs is 2. The van der Waals surface area contributed by atoms with Crippen LogP contribution >= 0.6 is 0 Å². The Labute approximate surface area is 73.2 Å². The molecule has 0 unspecified atom stereocenters. The minimum atomic E-state index is -3.23. The summed E-state index contributed by atoms with van der Waals surface area (Å²) >= 11 is 0. The summed E-state index contributed by atoms with van der Waals surface area (Å²) < 4.78 is 26.7. The second kappa shape index (κ2) is 2.70. The van der Waals surface area contributed by atoms with Gasteiger partial charge in [0.05, 0.1) is 12.4 Å². The van der Waals surface area contributed by atoms with E-state index in [9.17, 15) is 8.42 Å². The predicted octanol–water partition coefficient (Wildman–Crippen LogP) is 1.15. The van der Waals surface area contributed by atoms with Crippen LogP contribution in [0.3, 0.4) is 0 Å². The molecule has 0 aliphatic heterocycles. The van der Waals surface area contributed by atoms with Gasteiger partial charge in [0.1, 0.15) is 0 Å². The maximum atomic E-state index is 10.8. The van der Waals surface area contributed by atoms with E-state index in [1.165, 1.54) is 12.8 Å². The summed E-state index contributed by atoms with van der Waals surface area (Å²) in [6, 6.07) is 0. The molecule has 0 spiro atoms. The van der Waals surface area contributed by atoms with E-state index < -0.39 is 10.1 Å². The van der Waals surface area contributed by atoms with Crippen LogP contribution in [0.5, 0.6) is 0 Å². The van der Waals surface area contributed by atoms with E-state index in [0.717, 1.165) is 25.0 Å². The van der Waals surface area contributed by atoms with Crippen LogP contribution in [0.15, 0.2) is 0 Å². The van der Waals surface area contributed by atoms with Gasteiger partial charge >= 0.3 is 0 Å². The standard InChI is InChI=1S/C8H14O3S/c1-12(9,10)11-8-5-6-2-3-7(8)4-6/h6-8H,2-5H2,1H3/t6-,7+,8+/m1/s1. The van der Waals surface area contributed by atoms with Gasteiger partial charge in [0.15, 0.2) is 0 Å². The first-order valence-electron chi connectivity index (χ1n) is 4.43. The van der Waals surface area contributed by atoms with Crippen LogP contribution in [-0.2, 0) is 14.3 Å². The molecule has 12 heavy (non-hydrogen) atoms. The SMILES string of the molecule is CS(=O)(=O)O[C@H]1C[C@@H]2CC[C@H]1C2. The summed E-state index contributed by atoms with van der Waals surface area (Å²) in [4.78, 5) is 0. The fourth-order valence-corrected chi connectivity index (χ4v) is 3.21. The zero-order valence-electron chi connectivity index (χ0n) is 7.19. The van der Waals surface area contributed by atoms with Gasteiger partial charge < -0.3 is 0 Å². The van der Waals surface area contributed by atoms with Crippen LogP contribution in [0.25, 0.3) is 0 Å². The first-order valence-corrected chi connectivity index (χ1v) is 6.24. The van der Waals surface area contributed by atoms with Crippen molar-refractivity contribution in [3.05, 3.63) is 0 Å². The topological polar surface area (TPSA) is 43.4 Å². The normalized spacial score (nSPS) is 40.6. The van der Waals surface area contributed by atoms with Crippen molar-refractivity contribution in [3.8, 4) is 0 Å². The first kappa shape index (κ1) is 8.51. The molecular weight excluding hydrogens is 176 g/mol. The van der Waals surface area contributed by atoms with Gasteiger partial charge in [0.25, 0.3) is 10.1 Å². The minimum Gasteiger partial charge on any atom is -0.267 e. The van der Waals surface area contributed by atoms with Crippen molar-refractivity contribution in [2.75, 3.05) is 6.26 Å². The Morgan fingerprint density at radius 1 is 1.25 bits per heavy atom. The predicted molar refractivity (Wildman–Crippen MR) is 45.2 cm³/mol. The first-order chi connectivity index (χ1) is 5.54. The Bertz CT molecular complexity index is 270. The molecule has 0 aromatic heterocycles. The quantitative estimate of drug-likeness (QED) is 0.613. The van der Waals surface area contributed by atoms with Crippen LogP contribution in [0, 0.1) is 11.8 Å². The number of hydrogen-bond donors (Lipinski definition) is 0. The van der Waals surface area contributed by atoms with E-state index in [0.29, 0.717) is 5.92 Å². The zero-order valence-corrected chi connectivity index (χ0v) is 8.01. The van der Waals surface area contributed by atoms with E-state index in [1.54, 1.807) is 0 Å². The van der Waals surface area contributed by atoms with Crippen molar-refractivity contribution in [3.63, 3.8) is 0 Å². The molecule has 3 atom stereocenters. The zero-order chi connectivity index (χ0) is 8.77. The van der Waals surface area contributed by atoms with E-state index in [1.807, 2.05) is 0 Å². The van der Waals surface area contributed by atoms with Crippen LogP contribution in [0.4, 0.5) is 0 Å². The van der Waals surface area contributed by atoms with Crippen molar-refractivity contribution in [1.29, 1.82) is 0 Å². The van der Waals surface area contributed by atoms with E-state index in [4.69, 9.17) is 4.18 Å². The molecule has 2 aliphatic rings. The lowest BCUT2D eigenvalue weighted by Gasteiger charge is -2.20. The van der Waals surface area contributed by atoms with Crippen LogP contribution in [-0.4, -0.2) is 20.8 Å². The van der Waals surface area contributed by atoms with E-state index >= 15 is 0 Å². The molecule has 0 amide bonds. The summed E-state index contributed by atoms with van der Waals surface area (Å²) in [5.41, 5.74) is 0. The fraction of sp³-hybridized carbons (Fsp3) is 1.00. The van der Waals surface area contributed by atoms with E-state index in [-0.39, 0.29) is 6.10 Å². The molecule has 2 saturated carbocycles. The summed E-state index contributed by atoms with van der Waals surface area (Å²) in [5, 5.41) is 0. The Kier molecular flexibility index (Phi) is 1.92. The third kappa shape index (κ3) is 1.64. The largest absolute Gasteiger partial charge is 0.267 e. The molecule has 0 saturated heterocycles. The van der Waals surface area contributed by atoms with Crippen LogP contribution < -0.4 is 0 Å². The van der Waals surface area contributed by atoms with Gasteiger partial charge in [-0.05, 0) is 37.5 Å². The second-order valence-corrected chi connectivity index (χ2v) is 5.61. The highest BCUT2D eigenvalue weighted by Crippen LogP contribution is 2.46. The van der Waals surface area contributed by atoms with Gasteiger partial charge in [-0.15, -0.1) is 0 Å². The second-order valence-electron chi connectivity index (χ2n) is 4.01. The molecule has 2 fully saturated rings. The maximum Gasteiger partial charge on any atom is 0.264 e. The molecule has 0 aromatic carbocycles. The highest BCUT2D eigenvalue weighted by molar-refractivity contribution is 7.86. The highest BCUT2D eigenvalue weighted by atomic mass is 32.2. The van der Waals surface area contributed by atoms with E-state index in [2.05, 4.69) is 0 Å². The van der Waals surface area contributed by atoms with Gasteiger partial charge in [0, 0.05) is 0 Å². The molecule has 2 bridgehead atoms. The molecule has 70 valence electrons. The summed E-state index contributed by atoms with van der Waals surface area (Å²) in [5.74, 6) is 1.26. The third-order valence-corrected chi connectivity index (χ3v) is 3.57. The Balaban J connectivity index is 2.00.